The first-order valence-electron chi connectivity index (χ1n) is 9.82. The molecule has 1 aromatic carbocycles. The molecule has 1 aromatic heterocycles. The van der Waals surface area contributed by atoms with Crippen LogP contribution in [0.2, 0.25) is 5.02 Å². The number of carbonyl (C=O) groups is 1. The Morgan fingerprint density at radius 2 is 1.78 bits per heavy atom. The van der Waals surface area contributed by atoms with E-state index in [1.54, 1.807) is 6.20 Å². The smallest absolute Gasteiger partial charge is 0.226 e. The summed E-state index contributed by atoms with van der Waals surface area (Å²) in [6.45, 7) is 0.796. The Balaban J connectivity index is 1.72. The molecule has 1 amide bonds. The fourth-order valence-electron chi connectivity index (χ4n) is 4.40. The molecular formula is C21H25ClN4O. The number of anilines is 1. The van der Waals surface area contributed by atoms with Crippen molar-refractivity contribution in [3.05, 3.63) is 41.2 Å². The number of rotatable bonds is 3. The quantitative estimate of drug-likeness (QED) is 0.837. The lowest BCUT2D eigenvalue weighted by Crippen LogP contribution is -2.42. The minimum absolute atomic E-state index is 0.0390. The summed E-state index contributed by atoms with van der Waals surface area (Å²) in [5.74, 6) is 0.710. The number of likely N-dealkylation sites (tertiary alicyclic amines) is 1. The normalized spacial score (nSPS) is 20.8. The van der Waals surface area contributed by atoms with Crippen molar-refractivity contribution in [2.75, 3.05) is 12.3 Å². The summed E-state index contributed by atoms with van der Waals surface area (Å²) in [4.78, 5) is 24.1. The Labute approximate surface area is 164 Å². The van der Waals surface area contributed by atoms with Crippen molar-refractivity contribution in [2.24, 2.45) is 5.92 Å². The highest BCUT2D eigenvalue weighted by atomic mass is 35.5. The molecule has 1 unspecified atom stereocenters. The molecule has 2 N–H and O–H groups in total. The van der Waals surface area contributed by atoms with Crippen LogP contribution in [-0.2, 0) is 4.79 Å². The number of hydrogen-bond acceptors (Lipinski definition) is 4. The Morgan fingerprint density at radius 3 is 2.52 bits per heavy atom. The van der Waals surface area contributed by atoms with Crippen LogP contribution >= 0.6 is 11.6 Å². The van der Waals surface area contributed by atoms with Gasteiger partial charge in [-0.25, -0.2) is 9.97 Å². The van der Waals surface area contributed by atoms with Crippen LogP contribution in [0.3, 0.4) is 0 Å². The first-order valence-corrected chi connectivity index (χ1v) is 10.2. The number of carbonyl (C=O) groups excluding carboxylic acids is 1. The fraction of sp³-hybridized carbons (Fsp3) is 0.476. The first kappa shape index (κ1) is 18.2. The van der Waals surface area contributed by atoms with Crippen LogP contribution in [0.1, 0.15) is 56.7 Å². The summed E-state index contributed by atoms with van der Waals surface area (Å²) < 4.78 is 0. The van der Waals surface area contributed by atoms with Gasteiger partial charge in [0.25, 0.3) is 0 Å². The van der Waals surface area contributed by atoms with E-state index in [0.29, 0.717) is 5.02 Å². The number of hydrogen-bond donors (Lipinski definition) is 1. The molecule has 1 atom stereocenters. The van der Waals surface area contributed by atoms with Crippen molar-refractivity contribution in [3.63, 3.8) is 0 Å². The second-order valence-corrected chi connectivity index (χ2v) is 8.00. The molecule has 4 rings (SSSR count). The molecule has 1 saturated carbocycles. The van der Waals surface area contributed by atoms with Crippen molar-refractivity contribution in [2.45, 2.75) is 51.0 Å². The number of piperidine rings is 1. The van der Waals surface area contributed by atoms with Gasteiger partial charge in [-0.3, -0.25) is 4.79 Å². The summed E-state index contributed by atoms with van der Waals surface area (Å²) >= 11 is 6.05. The third kappa shape index (κ3) is 3.79. The van der Waals surface area contributed by atoms with Crippen LogP contribution in [0, 0.1) is 5.92 Å². The number of amides is 1. The Bertz CT molecular complexity index is 817. The molecule has 0 bridgehead atoms. The van der Waals surface area contributed by atoms with E-state index < -0.39 is 0 Å². The molecule has 2 aliphatic rings. The molecule has 2 aromatic rings. The number of halogens is 1. The number of nitrogens with two attached hydrogens (primary N) is 1. The summed E-state index contributed by atoms with van der Waals surface area (Å²) in [7, 11) is 0. The number of aromatic nitrogens is 2. The molecule has 0 spiro atoms. The number of nitrogens with zero attached hydrogens (tertiary/aromatic N) is 3. The molecule has 142 valence electrons. The maximum atomic E-state index is 13.2. The standard InChI is InChI=1S/C21H25ClN4O/c22-16-10-8-14(9-11-16)17-13-24-21(23)25-19(17)18-7-3-4-12-26(18)20(27)15-5-1-2-6-15/h8-11,13,15,18H,1-7,12H2,(H2,23,24,25). The molecule has 6 heteroatoms. The SMILES string of the molecule is Nc1ncc(-c2ccc(Cl)cc2)c(C2CCCCN2C(=O)C2CCCC2)n1. The van der Waals surface area contributed by atoms with Gasteiger partial charge in [0.1, 0.15) is 0 Å². The fourth-order valence-corrected chi connectivity index (χ4v) is 4.53. The minimum atomic E-state index is -0.0390. The molecule has 5 nitrogen and oxygen atoms in total. The molecule has 1 aliphatic carbocycles. The molecule has 0 radical (unpaired) electrons. The molecule has 2 fully saturated rings. The van der Waals surface area contributed by atoms with E-state index in [9.17, 15) is 4.79 Å². The maximum absolute atomic E-state index is 13.2. The zero-order chi connectivity index (χ0) is 18.8. The molecule has 1 saturated heterocycles. The van der Waals surface area contributed by atoms with E-state index in [1.807, 2.05) is 24.3 Å². The van der Waals surface area contributed by atoms with E-state index in [1.165, 1.54) is 0 Å². The summed E-state index contributed by atoms with van der Waals surface area (Å²) in [5.41, 5.74) is 8.71. The lowest BCUT2D eigenvalue weighted by molar-refractivity contribution is -0.139. The zero-order valence-corrected chi connectivity index (χ0v) is 16.2. The van der Waals surface area contributed by atoms with Gasteiger partial charge in [-0.1, -0.05) is 36.6 Å². The van der Waals surface area contributed by atoms with Gasteiger partial charge in [-0.2, -0.15) is 0 Å². The van der Waals surface area contributed by atoms with Crippen molar-refractivity contribution in [1.82, 2.24) is 14.9 Å². The second kappa shape index (κ2) is 7.85. The molecule has 1 aliphatic heterocycles. The second-order valence-electron chi connectivity index (χ2n) is 7.56. The van der Waals surface area contributed by atoms with Gasteiger partial charge < -0.3 is 10.6 Å². The maximum Gasteiger partial charge on any atom is 0.226 e. The number of benzene rings is 1. The van der Waals surface area contributed by atoms with E-state index in [-0.39, 0.29) is 23.8 Å². The third-order valence-corrected chi connectivity index (χ3v) is 6.05. The Morgan fingerprint density at radius 1 is 1.07 bits per heavy atom. The van der Waals surface area contributed by atoms with Gasteiger partial charge in [0.05, 0.1) is 11.7 Å². The topological polar surface area (TPSA) is 72.1 Å². The van der Waals surface area contributed by atoms with E-state index in [2.05, 4.69) is 14.9 Å². The zero-order valence-electron chi connectivity index (χ0n) is 15.4. The predicted octanol–water partition coefficient (Wildman–Crippen LogP) is 4.62. The van der Waals surface area contributed by atoms with Gasteiger partial charge in [0.2, 0.25) is 11.9 Å². The van der Waals surface area contributed by atoms with Gasteiger partial charge in [-0.15, -0.1) is 0 Å². The third-order valence-electron chi connectivity index (χ3n) is 5.80. The van der Waals surface area contributed by atoms with Crippen LogP contribution < -0.4 is 5.73 Å². The van der Waals surface area contributed by atoms with Crippen LogP contribution in [-0.4, -0.2) is 27.3 Å². The highest BCUT2D eigenvalue weighted by Gasteiger charge is 2.35. The van der Waals surface area contributed by atoms with Gasteiger partial charge in [0, 0.05) is 29.2 Å². The van der Waals surface area contributed by atoms with Crippen LogP contribution in [0.25, 0.3) is 11.1 Å². The van der Waals surface area contributed by atoms with Crippen LogP contribution in [0.5, 0.6) is 0 Å². The minimum Gasteiger partial charge on any atom is -0.368 e. The van der Waals surface area contributed by atoms with Crippen molar-refractivity contribution < 1.29 is 4.79 Å². The first-order chi connectivity index (χ1) is 13.1. The number of nitrogen functional groups attached to an aromatic ring is 1. The lowest BCUT2D eigenvalue weighted by Gasteiger charge is -2.37. The van der Waals surface area contributed by atoms with Crippen molar-refractivity contribution in [3.8, 4) is 11.1 Å². The molecular weight excluding hydrogens is 360 g/mol. The average Bonchev–Trinajstić information content (AvgIpc) is 3.23. The van der Waals surface area contributed by atoms with Gasteiger partial charge in [0.15, 0.2) is 0 Å². The Kier molecular flexibility index (Phi) is 5.30. The summed E-state index contributed by atoms with van der Waals surface area (Å²) in [5, 5.41) is 0.687. The Hall–Kier alpha value is -2.14. The largest absolute Gasteiger partial charge is 0.368 e. The highest BCUT2D eigenvalue weighted by molar-refractivity contribution is 6.30. The lowest BCUT2D eigenvalue weighted by atomic mass is 9.92. The van der Waals surface area contributed by atoms with Crippen LogP contribution in [0.4, 0.5) is 5.95 Å². The van der Waals surface area contributed by atoms with Crippen LogP contribution in [0.15, 0.2) is 30.5 Å². The summed E-state index contributed by atoms with van der Waals surface area (Å²) in [6, 6.07) is 7.61. The van der Waals surface area contributed by atoms with E-state index in [0.717, 1.165) is 68.3 Å². The van der Waals surface area contributed by atoms with Crippen molar-refractivity contribution >= 4 is 23.5 Å². The van der Waals surface area contributed by atoms with Gasteiger partial charge >= 0.3 is 0 Å². The van der Waals surface area contributed by atoms with E-state index in [4.69, 9.17) is 17.3 Å². The average molecular weight is 385 g/mol. The highest BCUT2D eigenvalue weighted by Crippen LogP contribution is 2.38. The molecule has 27 heavy (non-hydrogen) atoms. The molecule has 2 heterocycles. The monoisotopic (exact) mass is 384 g/mol. The van der Waals surface area contributed by atoms with Crippen molar-refractivity contribution in [1.29, 1.82) is 0 Å². The summed E-state index contributed by atoms with van der Waals surface area (Å²) in [6.07, 6.45) is 9.16. The van der Waals surface area contributed by atoms with Gasteiger partial charge in [-0.05, 0) is 49.8 Å². The predicted molar refractivity (Wildman–Crippen MR) is 107 cm³/mol. The van der Waals surface area contributed by atoms with E-state index >= 15 is 0 Å².